The molecule has 0 saturated heterocycles. The van der Waals surface area contributed by atoms with Crippen LogP contribution in [0, 0.1) is 0 Å². The molecule has 5 aromatic carbocycles. The minimum Gasteiger partial charge on any atom is -0.255 e. The Bertz CT molecular complexity index is 2770. The summed E-state index contributed by atoms with van der Waals surface area (Å²) in [5.41, 5.74) is 14.0. The van der Waals surface area contributed by atoms with Crippen molar-refractivity contribution >= 4 is 0 Å². The van der Waals surface area contributed by atoms with E-state index in [9.17, 15) is 0 Å². The van der Waals surface area contributed by atoms with Crippen LogP contribution in [0.3, 0.4) is 0 Å². The van der Waals surface area contributed by atoms with Crippen LogP contribution in [0.1, 0.15) is 0 Å². The van der Waals surface area contributed by atoms with Crippen molar-refractivity contribution in [3.63, 3.8) is 0 Å². The Balaban J connectivity index is 1.09. The van der Waals surface area contributed by atoms with Crippen molar-refractivity contribution < 1.29 is 0 Å². The second kappa shape index (κ2) is 16.3. The Hall–Kier alpha value is -8.29. The highest BCUT2D eigenvalue weighted by Crippen LogP contribution is 2.34. The van der Waals surface area contributed by atoms with Gasteiger partial charge in [0, 0.05) is 45.8 Å². The Morgan fingerprint density at radius 3 is 1.18 bits per heavy atom. The molecule has 10 aromatic rings. The average molecular weight is 770 g/mol. The van der Waals surface area contributed by atoms with Crippen LogP contribution in [-0.4, -0.2) is 34.9 Å². The average Bonchev–Trinajstić information content (AvgIpc) is 3.35. The molecular weight excluding hydrogens is 735 g/mol. The Morgan fingerprint density at radius 1 is 0.200 bits per heavy atom. The van der Waals surface area contributed by atoms with Gasteiger partial charge in [-0.1, -0.05) is 146 Å². The van der Waals surface area contributed by atoms with E-state index in [0.29, 0.717) is 23.0 Å². The van der Waals surface area contributed by atoms with Crippen molar-refractivity contribution in [1.29, 1.82) is 0 Å². The number of nitrogens with zero attached hydrogens (tertiary/aromatic N) is 7. The molecule has 0 spiro atoms. The molecule has 5 aromatic heterocycles. The lowest BCUT2D eigenvalue weighted by Gasteiger charge is -2.13. The highest BCUT2D eigenvalue weighted by Gasteiger charge is 2.16. The smallest absolute Gasteiger partial charge is 0.160 e. The molecule has 0 aliphatic heterocycles. The lowest BCUT2D eigenvalue weighted by Crippen LogP contribution is -1.98. The summed E-state index contributed by atoms with van der Waals surface area (Å²) in [6.07, 6.45) is 3.60. The van der Waals surface area contributed by atoms with Gasteiger partial charge in [-0.25, -0.2) is 24.9 Å². The molecule has 7 nitrogen and oxygen atoms in total. The third-order valence-electron chi connectivity index (χ3n) is 10.2. The molecule has 0 N–H and O–H groups in total. The monoisotopic (exact) mass is 769 g/mol. The standard InChI is InChI=1S/C53H35N7/c1-5-16-36(17-6-1)45-34-46(37-18-7-2-8-19-37)59-53(58-45)42-25-15-24-40(30-42)43-32-50(44-26-13-14-28-54-44)56-51(33-43)49-31-41(27-29-55-49)48-35-47(38-20-9-3-10-21-38)57-52(60-48)39-22-11-4-12-23-39/h1-35H. The number of aromatic nitrogens is 7. The number of pyridine rings is 3. The summed E-state index contributed by atoms with van der Waals surface area (Å²) in [6, 6.07) is 67.2. The van der Waals surface area contributed by atoms with Gasteiger partial charge in [-0.05, 0) is 65.7 Å². The zero-order valence-corrected chi connectivity index (χ0v) is 32.3. The third kappa shape index (κ3) is 7.71. The van der Waals surface area contributed by atoms with Crippen molar-refractivity contribution in [2.45, 2.75) is 0 Å². The fourth-order valence-electron chi connectivity index (χ4n) is 7.20. The Morgan fingerprint density at radius 2 is 0.633 bits per heavy atom. The molecule has 5 heterocycles. The number of rotatable bonds is 9. The second-order valence-electron chi connectivity index (χ2n) is 14.2. The van der Waals surface area contributed by atoms with E-state index in [1.807, 2.05) is 128 Å². The number of hydrogen-bond acceptors (Lipinski definition) is 7. The van der Waals surface area contributed by atoms with E-state index in [1.165, 1.54) is 0 Å². The minimum absolute atomic E-state index is 0.639. The van der Waals surface area contributed by atoms with Crippen LogP contribution in [0.5, 0.6) is 0 Å². The van der Waals surface area contributed by atoms with Gasteiger partial charge < -0.3 is 0 Å². The number of hydrogen-bond donors (Lipinski definition) is 0. The van der Waals surface area contributed by atoms with E-state index in [2.05, 4.69) is 83.8 Å². The maximum Gasteiger partial charge on any atom is 0.160 e. The lowest BCUT2D eigenvalue weighted by atomic mass is 9.99. The first-order valence-corrected chi connectivity index (χ1v) is 19.7. The summed E-state index contributed by atoms with van der Waals surface area (Å²) in [6.45, 7) is 0. The van der Waals surface area contributed by atoms with E-state index in [-0.39, 0.29) is 0 Å². The molecule has 0 aliphatic carbocycles. The van der Waals surface area contributed by atoms with Crippen LogP contribution in [-0.2, 0) is 0 Å². The zero-order chi connectivity index (χ0) is 40.1. The SMILES string of the molecule is c1ccc(-c2cc(-c3ccnc(-c4cc(-c5cccc(-c6nc(-c7ccccc7)cc(-c7ccccc7)n6)c5)cc(-c5ccccn5)n4)c3)nc(-c3ccccc3)n2)cc1. The Kier molecular flexibility index (Phi) is 9.79. The molecule has 10 rings (SSSR count). The largest absolute Gasteiger partial charge is 0.255 e. The molecule has 0 unspecified atom stereocenters. The molecule has 0 aliphatic rings. The Labute approximate surface area is 347 Å². The van der Waals surface area contributed by atoms with Crippen LogP contribution in [0.4, 0.5) is 0 Å². The summed E-state index contributed by atoms with van der Waals surface area (Å²) in [7, 11) is 0. The lowest BCUT2D eigenvalue weighted by molar-refractivity contribution is 1.18. The molecule has 60 heavy (non-hydrogen) atoms. The summed E-state index contributed by atoms with van der Waals surface area (Å²) in [4.78, 5) is 35.0. The fourth-order valence-corrected chi connectivity index (χ4v) is 7.20. The van der Waals surface area contributed by atoms with Crippen molar-refractivity contribution in [3.8, 4) is 102 Å². The van der Waals surface area contributed by atoms with Gasteiger partial charge in [0.05, 0.1) is 45.6 Å². The highest BCUT2D eigenvalue weighted by molar-refractivity contribution is 5.80. The predicted octanol–water partition coefficient (Wildman–Crippen LogP) is 12.5. The summed E-state index contributed by atoms with van der Waals surface area (Å²) in [5, 5.41) is 0. The maximum atomic E-state index is 5.15. The maximum absolute atomic E-state index is 5.15. The molecule has 7 heteroatoms. The van der Waals surface area contributed by atoms with Gasteiger partial charge >= 0.3 is 0 Å². The van der Waals surface area contributed by atoms with Crippen LogP contribution < -0.4 is 0 Å². The normalized spacial score (nSPS) is 11.0. The van der Waals surface area contributed by atoms with Crippen LogP contribution >= 0.6 is 0 Å². The van der Waals surface area contributed by atoms with Crippen LogP contribution in [0.25, 0.3) is 102 Å². The van der Waals surface area contributed by atoms with E-state index in [4.69, 9.17) is 29.9 Å². The molecule has 0 fully saturated rings. The van der Waals surface area contributed by atoms with Gasteiger partial charge in [-0.15, -0.1) is 0 Å². The first-order chi connectivity index (χ1) is 29.7. The molecule has 0 bridgehead atoms. The highest BCUT2D eigenvalue weighted by atomic mass is 14.9. The molecule has 0 radical (unpaired) electrons. The first-order valence-electron chi connectivity index (χ1n) is 19.7. The predicted molar refractivity (Wildman–Crippen MR) is 240 cm³/mol. The van der Waals surface area contributed by atoms with Crippen LogP contribution in [0.15, 0.2) is 213 Å². The van der Waals surface area contributed by atoms with Crippen LogP contribution in [0.2, 0.25) is 0 Å². The summed E-state index contributed by atoms with van der Waals surface area (Å²) >= 11 is 0. The van der Waals surface area contributed by atoms with Gasteiger partial charge in [-0.2, -0.15) is 0 Å². The van der Waals surface area contributed by atoms with Gasteiger partial charge in [0.15, 0.2) is 11.6 Å². The minimum atomic E-state index is 0.639. The first kappa shape index (κ1) is 36.1. The number of benzene rings is 5. The quantitative estimate of drug-likeness (QED) is 0.144. The molecule has 282 valence electrons. The van der Waals surface area contributed by atoms with Gasteiger partial charge in [0.1, 0.15) is 0 Å². The van der Waals surface area contributed by atoms with Crippen molar-refractivity contribution in [2.75, 3.05) is 0 Å². The van der Waals surface area contributed by atoms with E-state index in [1.54, 1.807) is 6.20 Å². The van der Waals surface area contributed by atoms with Gasteiger partial charge in [0.2, 0.25) is 0 Å². The molecular formula is C53H35N7. The van der Waals surface area contributed by atoms with Gasteiger partial charge in [-0.3, -0.25) is 9.97 Å². The second-order valence-corrected chi connectivity index (χ2v) is 14.2. The molecule has 0 saturated carbocycles. The third-order valence-corrected chi connectivity index (χ3v) is 10.2. The van der Waals surface area contributed by atoms with Crippen molar-refractivity contribution in [2.24, 2.45) is 0 Å². The van der Waals surface area contributed by atoms with E-state index >= 15 is 0 Å². The topological polar surface area (TPSA) is 90.2 Å². The molecule has 0 amide bonds. The zero-order valence-electron chi connectivity index (χ0n) is 32.3. The summed E-state index contributed by atoms with van der Waals surface area (Å²) < 4.78 is 0. The van der Waals surface area contributed by atoms with E-state index < -0.39 is 0 Å². The molecule has 0 atom stereocenters. The fraction of sp³-hybridized carbons (Fsp3) is 0. The van der Waals surface area contributed by atoms with Crippen molar-refractivity contribution in [3.05, 3.63) is 213 Å². The van der Waals surface area contributed by atoms with E-state index in [0.717, 1.165) is 78.7 Å². The van der Waals surface area contributed by atoms with Gasteiger partial charge in [0.25, 0.3) is 0 Å². The summed E-state index contributed by atoms with van der Waals surface area (Å²) in [5.74, 6) is 1.29. The van der Waals surface area contributed by atoms with Crippen molar-refractivity contribution in [1.82, 2.24) is 34.9 Å².